The van der Waals surface area contributed by atoms with Crippen LogP contribution in [0.2, 0.25) is 0 Å². The molecule has 2 unspecified atom stereocenters. The van der Waals surface area contributed by atoms with E-state index in [1.165, 1.54) is 24.3 Å². The number of amides is 1. The molecule has 1 heterocycles. The first-order valence-corrected chi connectivity index (χ1v) is 11.7. The molecule has 8 nitrogen and oxygen atoms in total. The van der Waals surface area contributed by atoms with Crippen molar-refractivity contribution in [2.24, 2.45) is 23.4 Å². The van der Waals surface area contributed by atoms with Crippen LogP contribution in [-0.4, -0.2) is 53.8 Å². The number of nitrogens with two attached hydrogens (primary N) is 2. The smallest absolute Gasteiger partial charge is 0.410 e. The number of carbonyl (C=O) groups is 1. The second kappa shape index (κ2) is 10.4. The van der Waals surface area contributed by atoms with Crippen molar-refractivity contribution in [3.63, 3.8) is 0 Å². The lowest BCUT2D eigenvalue weighted by molar-refractivity contribution is 0.0973. The zero-order valence-electron chi connectivity index (χ0n) is 20.1. The Morgan fingerprint density at radius 2 is 1.91 bits per heavy atom. The summed E-state index contributed by atoms with van der Waals surface area (Å²) >= 11 is 0. The summed E-state index contributed by atoms with van der Waals surface area (Å²) in [7, 11) is 3.44. The van der Waals surface area contributed by atoms with E-state index in [0.717, 1.165) is 30.7 Å². The van der Waals surface area contributed by atoms with Gasteiger partial charge in [0.25, 0.3) is 0 Å². The molecule has 2 fully saturated rings. The molecule has 0 bridgehead atoms. The molecule has 2 saturated carbocycles. The predicted octanol–water partition coefficient (Wildman–Crippen LogP) is 3.65. The standard InChI is InChI=1S/C24H39N5O3/c1-15-13-19(15)17(3)28(4)24(30)31-14-21(29(5)26)23(25)20-11-12-22(16(2)27-20)32-18-9-7-6-8-10-18/h11-12,15,17-19H,6-10,13-14,25-26H2,1-5H3/b23-21-/t15-,17?,19?/m0/s1. The van der Waals surface area contributed by atoms with E-state index < -0.39 is 0 Å². The van der Waals surface area contributed by atoms with E-state index in [2.05, 4.69) is 18.8 Å². The lowest BCUT2D eigenvalue weighted by atomic mass is 9.98. The highest BCUT2D eigenvalue weighted by molar-refractivity contribution is 5.69. The van der Waals surface area contributed by atoms with Crippen LogP contribution in [0.15, 0.2) is 17.8 Å². The fraction of sp³-hybridized carbons (Fsp3) is 0.667. The van der Waals surface area contributed by atoms with Gasteiger partial charge in [0, 0.05) is 20.1 Å². The van der Waals surface area contributed by atoms with E-state index in [0.29, 0.717) is 28.9 Å². The summed E-state index contributed by atoms with van der Waals surface area (Å²) in [5.74, 6) is 7.98. The number of hydrogen-bond acceptors (Lipinski definition) is 7. The average Bonchev–Trinajstić information content (AvgIpc) is 3.50. The Morgan fingerprint density at radius 3 is 2.47 bits per heavy atom. The van der Waals surface area contributed by atoms with Gasteiger partial charge in [-0.3, -0.25) is 0 Å². The molecule has 1 amide bonds. The van der Waals surface area contributed by atoms with E-state index >= 15 is 0 Å². The van der Waals surface area contributed by atoms with Crippen molar-refractivity contribution in [1.82, 2.24) is 14.9 Å². The van der Waals surface area contributed by atoms with Gasteiger partial charge in [0.05, 0.1) is 28.9 Å². The van der Waals surface area contributed by atoms with Crippen LogP contribution in [0.1, 0.15) is 63.8 Å². The van der Waals surface area contributed by atoms with E-state index in [4.69, 9.17) is 21.1 Å². The number of aryl methyl sites for hydroxylation is 1. The number of ether oxygens (including phenoxy) is 2. The van der Waals surface area contributed by atoms with Crippen LogP contribution < -0.4 is 16.3 Å². The minimum atomic E-state index is -0.385. The van der Waals surface area contributed by atoms with Crippen molar-refractivity contribution in [2.45, 2.75) is 71.4 Å². The van der Waals surface area contributed by atoms with Crippen molar-refractivity contribution in [3.8, 4) is 5.75 Å². The molecule has 1 aromatic rings. The fourth-order valence-corrected chi connectivity index (χ4v) is 4.41. The monoisotopic (exact) mass is 445 g/mol. The molecule has 178 valence electrons. The molecule has 4 N–H and O–H groups in total. The van der Waals surface area contributed by atoms with Crippen LogP contribution in [-0.2, 0) is 4.74 Å². The van der Waals surface area contributed by atoms with Gasteiger partial charge in [-0.15, -0.1) is 0 Å². The molecule has 0 spiro atoms. The van der Waals surface area contributed by atoms with Gasteiger partial charge in [0.1, 0.15) is 12.4 Å². The normalized spacial score (nSPS) is 22.6. The highest BCUT2D eigenvalue weighted by Gasteiger charge is 2.40. The van der Waals surface area contributed by atoms with Gasteiger partial charge in [-0.2, -0.15) is 0 Å². The summed E-state index contributed by atoms with van der Waals surface area (Å²) in [5.41, 5.74) is 8.62. The van der Waals surface area contributed by atoms with Crippen LogP contribution in [0.3, 0.4) is 0 Å². The number of aromatic nitrogens is 1. The van der Waals surface area contributed by atoms with E-state index in [-0.39, 0.29) is 24.8 Å². The van der Waals surface area contributed by atoms with Crippen molar-refractivity contribution in [2.75, 3.05) is 20.7 Å². The highest BCUT2D eigenvalue weighted by atomic mass is 16.6. The van der Waals surface area contributed by atoms with Crippen LogP contribution >= 0.6 is 0 Å². The lowest BCUT2D eigenvalue weighted by Crippen LogP contribution is -2.39. The summed E-state index contributed by atoms with van der Waals surface area (Å²) in [6.45, 7) is 6.14. The van der Waals surface area contributed by atoms with Crippen molar-refractivity contribution in [1.29, 1.82) is 0 Å². The molecule has 32 heavy (non-hydrogen) atoms. The van der Waals surface area contributed by atoms with E-state index in [9.17, 15) is 4.79 Å². The quantitative estimate of drug-likeness (QED) is 0.464. The maximum atomic E-state index is 12.5. The number of hydrogen-bond donors (Lipinski definition) is 2. The molecule has 8 heteroatoms. The number of pyridine rings is 1. The molecule has 2 aliphatic carbocycles. The van der Waals surface area contributed by atoms with Gasteiger partial charge in [-0.25, -0.2) is 15.6 Å². The Bertz CT molecular complexity index is 835. The number of nitrogens with zero attached hydrogens (tertiary/aromatic N) is 3. The number of carbonyl (C=O) groups excluding carboxylic acids is 1. The zero-order chi connectivity index (χ0) is 23.4. The van der Waals surface area contributed by atoms with E-state index in [1.54, 1.807) is 19.0 Å². The lowest BCUT2D eigenvalue weighted by Gasteiger charge is -2.26. The van der Waals surface area contributed by atoms with Crippen molar-refractivity contribution < 1.29 is 14.3 Å². The van der Waals surface area contributed by atoms with E-state index in [1.807, 2.05) is 19.1 Å². The predicted molar refractivity (Wildman–Crippen MR) is 125 cm³/mol. The van der Waals surface area contributed by atoms with Crippen LogP contribution in [0, 0.1) is 18.8 Å². The Labute approximate surface area is 191 Å². The first-order chi connectivity index (χ1) is 15.2. The first-order valence-electron chi connectivity index (χ1n) is 11.7. The molecule has 3 atom stereocenters. The van der Waals surface area contributed by atoms with Gasteiger partial charge >= 0.3 is 6.09 Å². The van der Waals surface area contributed by atoms with Crippen LogP contribution in [0.5, 0.6) is 5.75 Å². The third kappa shape index (κ3) is 5.85. The van der Waals surface area contributed by atoms with Crippen LogP contribution in [0.25, 0.3) is 5.70 Å². The number of hydrazine groups is 1. The molecule has 0 aromatic carbocycles. The average molecular weight is 446 g/mol. The molecule has 3 rings (SSSR count). The van der Waals surface area contributed by atoms with Gasteiger partial charge < -0.3 is 25.1 Å². The van der Waals surface area contributed by atoms with Gasteiger partial charge in [0.2, 0.25) is 0 Å². The van der Waals surface area contributed by atoms with Crippen LogP contribution in [0.4, 0.5) is 4.79 Å². The Balaban J connectivity index is 1.67. The summed E-state index contributed by atoms with van der Waals surface area (Å²) < 4.78 is 11.7. The van der Waals surface area contributed by atoms with Crippen molar-refractivity contribution in [3.05, 3.63) is 29.2 Å². The second-order valence-electron chi connectivity index (χ2n) is 9.41. The highest BCUT2D eigenvalue weighted by Crippen LogP contribution is 2.42. The number of likely N-dealkylation sites (N-methyl/N-ethyl adjacent to an activating group) is 1. The van der Waals surface area contributed by atoms with Gasteiger partial charge in [-0.1, -0.05) is 13.3 Å². The Morgan fingerprint density at radius 1 is 1.25 bits per heavy atom. The molecule has 0 radical (unpaired) electrons. The maximum absolute atomic E-state index is 12.5. The molecular formula is C24H39N5O3. The molecule has 0 aliphatic heterocycles. The third-order valence-electron chi connectivity index (χ3n) is 6.92. The first kappa shape index (κ1) is 24.2. The summed E-state index contributed by atoms with van der Waals surface area (Å²) in [5, 5.41) is 1.37. The third-order valence-corrected chi connectivity index (χ3v) is 6.92. The molecule has 2 aliphatic rings. The Hall–Kier alpha value is -2.48. The summed E-state index contributed by atoms with van der Waals surface area (Å²) in [6.07, 6.45) is 6.90. The summed E-state index contributed by atoms with van der Waals surface area (Å²) in [6, 6.07) is 3.87. The largest absolute Gasteiger partial charge is 0.489 e. The number of rotatable bonds is 8. The minimum absolute atomic E-state index is 0.0317. The van der Waals surface area contributed by atoms with Crippen molar-refractivity contribution >= 4 is 11.8 Å². The topological polar surface area (TPSA) is 107 Å². The maximum Gasteiger partial charge on any atom is 0.410 e. The summed E-state index contributed by atoms with van der Waals surface area (Å²) in [4.78, 5) is 18.8. The minimum Gasteiger partial charge on any atom is -0.489 e. The second-order valence-corrected chi connectivity index (χ2v) is 9.41. The molecule has 1 aromatic heterocycles. The van der Waals surface area contributed by atoms with Gasteiger partial charge in [0.15, 0.2) is 0 Å². The Kier molecular flexibility index (Phi) is 7.87. The van der Waals surface area contributed by atoms with Gasteiger partial charge in [-0.05, 0) is 69.9 Å². The molecule has 0 saturated heterocycles. The molecular weight excluding hydrogens is 406 g/mol. The zero-order valence-corrected chi connectivity index (χ0v) is 20.1. The SMILES string of the molecule is Cc1nc(/C(N)=C(\COC(=O)N(C)C(C)C2C[C@@H]2C)N(C)N)ccc1OC1CCCCC1. The fourth-order valence-electron chi connectivity index (χ4n) is 4.41.